The van der Waals surface area contributed by atoms with Gasteiger partial charge in [0, 0.05) is 24.8 Å². The number of carbonyl (C=O) groups excluding carboxylic acids is 1. The van der Waals surface area contributed by atoms with E-state index in [0.717, 1.165) is 11.1 Å². The molecule has 2 heterocycles. The Hall–Kier alpha value is -2.16. The molecule has 3 saturated carbocycles. The van der Waals surface area contributed by atoms with Crippen LogP contribution in [0.25, 0.3) is 0 Å². The van der Waals surface area contributed by atoms with E-state index in [-0.39, 0.29) is 18.3 Å². The molecule has 6 rings (SSSR count). The molecule has 6 N–H and O–H groups in total. The molecule has 4 aliphatic carbocycles. The second-order valence-corrected chi connectivity index (χ2v) is 14.0. The Bertz CT molecular complexity index is 1340. The normalized spacial score (nSPS) is 48.5. The minimum absolute atomic E-state index is 0.0197. The molecule has 1 aromatic heterocycles. The number of aliphatic hydroxyl groups excluding tert-OH is 4. The van der Waals surface area contributed by atoms with E-state index in [1.165, 1.54) is 19.3 Å². The first-order chi connectivity index (χ1) is 20.7. The van der Waals surface area contributed by atoms with Crippen molar-refractivity contribution in [3.63, 3.8) is 0 Å². The van der Waals surface area contributed by atoms with Crippen molar-refractivity contribution >= 4 is 5.97 Å². The maximum Gasteiger partial charge on any atom is 0.335 e. The number of hydrogen-bond acceptors (Lipinski definition) is 12. The standard InChI is InChI=1S/C32H44O12/c1-16(34)42-21-13-31(39)23(8-10-30(3)19(7-11-32(30,31)40)17-4-5-24(35)41-15-17)29(2)9-6-18(12-20(21)29)43-28-27(38)26(37)25(36)22(14-33)44-28/h4-5,12,15,18-19,21-23,25-28,33,36-40H,6-11,13-14H2,1-3H3/t18-,19+,21+,22+,23+,25+,26-,27+,28-,29-,30+,31-,32+/m0/s1. The predicted octanol–water partition coefficient (Wildman–Crippen LogP) is 0.643. The molecule has 0 aromatic carbocycles. The number of carbonyl (C=O) groups is 1. The van der Waals surface area contributed by atoms with E-state index in [1.807, 2.05) is 19.9 Å². The average molecular weight is 621 g/mol. The van der Waals surface area contributed by atoms with Gasteiger partial charge in [-0.2, -0.15) is 0 Å². The fraction of sp³-hybridized carbons (Fsp3) is 0.750. The molecule has 44 heavy (non-hydrogen) atoms. The molecule has 0 bridgehead atoms. The number of hydrogen-bond donors (Lipinski definition) is 6. The smallest absolute Gasteiger partial charge is 0.335 e. The SMILES string of the molecule is CC(=O)O[C@@H]1C[C@]2(O)[C@H](CC[C@]3(C)[C@@H](c4ccc(=O)oc4)CC[C@@]32O)[C@@]2(C)CC[C@H](O[C@H]3O[C@H](CO)[C@@H](O)[C@H](O)[C@H]3O)C=C12. The van der Waals surface area contributed by atoms with E-state index < -0.39 is 83.1 Å². The van der Waals surface area contributed by atoms with E-state index >= 15 is 0 Å². The van der Waals surface area contributed by atoms with Gasteiger partial charge in [-0.05, 0) is 73.0 Å². The van der Waals surface area contributed by atoms with E-state index in [4.69, 9.17) is 18.6 Å². The van der Waals surface area contributed by atoms with Crippen LogP contribution in [0, 0.1) is 16.7 Å². The Kier molecular flexibility index (Phi) is 7.94. The summed E-state index contributed by atoms with van der Waals surface area (Å²) < 4.78 is 22.6. The van der Waals surface area contributed by atoms with Gasteiger partial charge < -0.3 is 49.3 Å². The molecule has 1 aromatic rings. The first kappa shape index (κ1) is 31.8. The molecule has 0 unspecified atom stereocenters. The van der Waals surface area contributed by atoms with Gasteiger partial charge in [0.2, 0.25) is 0 Å². The van der Waals surface area contributed by atoms with Crippen molar-refractivity contribution in [2.24, 2.45) is 16.7 Å². The molecule has 0 spiro atoms. The average Bonchev–Trinajstić information content (AvgIpc) is 3.26. The second-order valence-electron chi connectivity index (χ2n) is 14.0. The van der Waals surface area contributed by atoms with Crippen LogP contribution in [-0.4, -0.2) is 97.3 Å². The predicted molar refractivity (Wildman–Crippen MR) is 152 cm³/mol. The number of rotatable bonds is 5. The van der Waals surface area contributed by atoms with Gasteiger partial charge in [0.05, 0.1) is 24.6 Å². The van der Waals surface area contributed by atoms with Crippen molar-refractivity contribution in [1.82, 2.24) is 0 Å². The van der Waals surface area contributed by atoms with Crippen molar-refractivity contribution in [2.75, 3.05) is 6.61 Å². The van der Waals surface area contributed by atoms with Crippen molar-refractivity contribution in [3.05, 3.63) is 46.0 Å². The highest BCUT2D eigenvalue weighted by atomic mass is 16.7. The third kappa shape index (κ3) is 4.56. The van der Waals surface area contributed by atoms with Gasteiger partial charge in [-0.15, -0.1) is 0 Å². The largest absolute Gasteiger partial charge is 0.458 e. The molecule has 4 fully saturated rings. The second kappa shape index (κ2) is 11.0. The van der Waals surface area contributed by atoms with Crippen molar-refractivity contribution in [2.45, 2.75) is 126 Å². The third-order valence-electron chi connectivity index (χ3n) is 11.9. The van der Waals surface area contributed by atoms with Crippen LogP contribution in [0.4, 0.5) is 0 Å². The highest BCUT2D eigenvalue weighted by Crippen LogP contribution is 2.71. The lowest BCUT2D eigenvalue weighted by Gasteiger charge is -2.66. The van der Waals surface area contributed by atoms with Crippen LogP contribution in [0.15, 0.2) is 39.3 Å². The van der Waals surface area contributed by atoms with Gasteiger partial charge in [-0.1, -0.05) is 19.9 Å². The first-order valence-corrected chi connectivity index (χ1v) is 15.6. The zero-order chi connectivity index (χ0) is 31.8. The third-order valence-corrected chi connectivity index (χ3v) is 11.9. The molecular weight excluding hydrogens is 576 g/mol. The summed E-state index contributed by atoms with van der Waals surface area (Å²) in [5.74, 6) is -1.06. The number of ether oxygens (including phenoxy) is 3. The topological polar surface area (TPSA) is 196 Å². The Morgan fingerprint density at radius 3 is 2.43 bits per heavy atom. The van der Waals surface area contributed by atoms with Crippen LogP contribution in [0.1, 0.15) is 77.2 Å². The van der Waals surface area contributed by atoms with Gasteiger partial charge in [0.25, 0.3) is 0 Å². The van der Waals surface area contributed by atoms with E-state index in [1.54, 1.807) is 6.07 Å². The summed E-state index contributed by atoms with van der Waals surface area (Å²) >= 11 is 0. The van der Waals surface area contributed by atoms with Crippen molar-refractivity contribution < 1.29 is 54.1 Å². The van der Waals surface area contributed by atoms with Gasteiger partial charge in [0.15, 0.2) is 6.29 Å². The maximum atomic E-state index is 12.8. The molecule has 1 aliphatic heterocycles. The van der Waals surface area contributed by atoms with E-state index in [0.29, 0.717) is 38.5 Å². The lowest BCUT2D eigenvalue weighted by atomic mass is 9.42. The summed E-state index contributed by atoms with van der Waals surface area (Å²) in [4.78, 5) is 24.0. The summed E-state index contributed by atoms with van der Waals surface area (Å²) in [5.41, 5.74) is -3.41. The van der Waals surface area contributed by atoms with Crippen molar-refractivity contribution in [3.8, 4) is 0 Å². The van der Waals surface area contributed by atoms with Gasteiger partial charge in [-0.25, -0.2) is 4.79 Å². The summed E-state index contributed by atoms with van der Waals surface area (Å²) in [5, 5.41) is 65.9. The van der Waals surface area contributed by atoms with Gasteiger partial charge >= 0.3 is 11.6 Å². The van der Waals surface area contributed by atoms with Crippen LogP contribution in [0.3, 0.4) is 0 Å². The van der Waals surface area contributed by atoms with E-state index in [9.17, 15) is 40.2 Å². The first-order valence-electron chi connectivity index (χ1n) is 15.6. The summed E-state index contributed by atoms with van der Waals surface area (Å²) in [6.07, 6.45) is -2.23. The molecule has 12 heteroatoms. The van der Waals surface area contributed by atoms with Crippen LogP contribution in [0.5, 0.6) is 0 Å². The van der Waals surface area contributed by atoms with Gasteiger partial charge in [0.1, 0.15) is 36.1 Å². The zero-order valence-electron chi connectivity index (χ0n) is 25.3. The summed E-state index contributed by atoms with van der Waals surface area (Å²) in [7, 11) is 0. The molecule has 13 atom stereocenters. The fourth-order valence-electron chi connectivity index (χ4n) is 9.64. The summed E-state index contributed by atoms with van der Waals surface area (Å²) in [6, 6.07) is 3.10. The molecule has 1 saturated heterocycles. The maximum absolute atomic E-state index is 12.8. The zero-order valence-corrected chi connectivity index (χ0v) is 25.3. The minimum atomic E-state index is -1.60. The Morgan fingerprint density at radius 1 is 1.02 bits per heavy atom. The molecular formula is C32H44O12. The fourth-order valence-corrected chi connectivity index (χ4v) is 9.64. The van der Waals surface area contributed by atoms with Crippen molar-refractivity contribution in [1.29, 1.82) is 0 Å². The van der Waals surface area contributed by atoms with Gasteiger partial charge in [-0.3, -0.25) is 4.79 Å². The molecule has 0 radical (unpaired) electrons. The highest BCUT2D eigenvalue weighted by molar-refractivity contribution is 5.66. The molecule has 12 nitrogen and oxygen atoms in total. The lowest BCUT2D eigenvalue weighted by molar-refractivity contribution is -0.310. The lowest BCUT2D eigenvalue weighted by Crippen LogP contribution is -2.73. The Morgan fingerprint density at radius 2 is 1.77 bits per heavy atom. The minimum Gasteiger partial charge on any atom is -0.458 e. The number of fused-ring (bicyclic) bond motifs is 5. The number of aliphatic hydroxyl groups is 6. The summed E-state index contributed by atoms with van der Waals surface area (Å²) in [6.45, 7) is 4.74. The Balaban J connectivity index is 1.33. The highest BCUT2D eigenvalue weighted by Gasteiger charge is 2.75. The van der Waals surface area contributed by atoms with Crippen LogP contribution < -0.4 is 5.63 Å². The molecule has 0 amide bonds. The molecule has 5 aliphatic rings. The quantitative estimate of drug-likeness (QED) is 0.199. The molecule has 244 valence electrons. The van der Waals surface area contributed by atoms with Crippen LogP contribution >= 0.6 is 0 Å². The van der Waals surface area contributed by atoms with E-state index in [2.05, 4.69) is 0 Å². The van der Waals surface area contributed by atoms with Crippen LogP contribution in [0.2, 0.25) is 0 Å². The van der Waals surface area contributed by atoms with Crippen LogP contribution in [-0.2, 0) is 19.0 Å². The monoisotopic (exact) mass is 620 g/mol. The Labute approximate surface area is 255 Å². The number of esters is 1.